The summed E-state index contributed by atoms with van der Waals surface area (Å²) < 4.78 is 0. The van der Waals surface area contributed by atoms with Crippen LogP contribution in [0.5, 0.6) is 0 Å². The molecule has 0 bridgehead atoms. The van der Waals surface area contributed by atoms with Crippen LogP contribution in [-0.2, 0) is 6.54 Å². The number of aromatic amines is 1. The average Bonchev–Trinajstić information content (AvgIpc) is 3.17. The Morgan fingerprint density at radius 2 is 1.65 bits per heavy atom. The molecule has 2 aliphatic heterocycles. The number of aromatic nitrogens is 2. The van der Waals surface area contributed by atoms with E-state index in [9.17, 15) is 4.79 Å². The molecule has 7 heteroatoms. The number of nitrogens with zero attached hydrogens (tertiary/aromatic N) is 4. The van der Waals surface area contributed by atoms with Crippen molar-refractivity contribution in [2.45, 2.75) is 6.54 Å². The van der Waals surface area contributed by atoms with Crippen LogP contribution in [0.2, 0.25) is 0 Å². The second-order valence-electron chi connectivity index (χ2n) is 6.92. The van der Waals surface area contributed by atoms with E-state index < -0.39 is 0 Å². The topological polar surface area (TPSA) is 67.5 Å². The van der Waals surface area contributed by atoms with Crippen molar-refractivity contribution >= 4 is 6.03 Å². The highest BCUT2D eigenvalue weighted by molar-refractivity contribution is 5.74. The molecule has 2 fully saturated rings. The van der Waals surface area contributed by atoms with E-state index in [2.05, 4.69) is 32.5 Å². The van der Waals surface area contributed by atoms with Gasteiger partial charge in [0.25, 0.3) is 0 Å². The van der Waals surface area contributed by atoms with E-state index in [0.29, 0.717) is 0 Å². The molecule has 0 radical (unpaired) electrons. The van der Waals surface area contributed by atoms with Crippen LogP contribution in [0.3, 0.4) is 0 Å². The van der Waals surface area contributed by atoms with Gasteiger partial charge in [0, 0.05) is 64.5 Å². The normalized spacial score (nSPS) is 18.9. The number of nitrogens with one attached hydrogen (secondary N) is 2. The summed E-state index contributed by atoms with van der Waals surface area (Å²) in [5, 5.41) is 10.7. The molecule has 26 heavy (non-hydrogen) atoms. The number of amides is 2. The Kier molecular flexibility index (Phi) is 5.17. The first kappa shape index (κ1) is 17.1. The molecule has 0 atom stereocenters. The Hall–Kier alpha value is -2.38. The van der Waals surface area contributed by atoms with Gasteiger partial charge in [-0.3, -0.25) is 10.00 Å². The minimum atomic E-state index is 0.194. The van der Waals surface area contributed by atoms with Crippen molar-refractivity contribution in [3.05, 3.63) is 42.1 Å². The van der Waals surface area contributed by atoms with E-state index in [1.165, 1.54) is 5.56 Å². The molecule has 0 aliphatic carbocycles. The molecule has 2 N–H and O–H groups in total. The monoisotopic (exact) mass is 354 g/mol. The van der Waals surface area contributed by atoms with Crippen LogP contribution in [0, 0.1) is 0 Å². The minimum absolute atomic E-state index is 0.194. The summed E-state index contributed by atoms with van der Waals surface area (Å²) in [7, 11) is 0. The van der Waals surface area contributed by atoms with Crippen LogP contribution in [0.15, 0.2) is 36.5 Å². The fourth-order valence-corrected chi connectivity index (χ4v) is 3.68. The maximum Gasteiger partial charge on any atom is 0.320 e. The van der Waals surface area contributed by atoms with Gasteiger partial charge in [-0.15, -0.1) is 0 Å². The van der Waals surface area contributed by atoms with Crippen LogP contribution >= 0.6 is 0 Å². The van der Waals surface area contributed by atoms with Crippen molar-refractivity contribution in [3.63, 3.8) is 0 Å². The summed E-state index contributed by atoms with van der Waals surface area (Å²) in [4.78, 5) is 19.0. The third kappa shape index (κ3) is 3.73. The standard InChI is InChI=1S/C19H26N6O/c26-19(24-8-6-20-7-9-24)25-12-10-23(11-13-25)15-17-14-21-22-18(17)16-4-2-1-3-5-16/h1-5,14,20H,6-13,15H2,(H,21,22). The van der Waals surface area contributed by atoms with Crippen molar-refractivity contribution in [2.75, 3.05) is 52.4 Å². The number of hydrogen-bond acceptors (Lipinski definition) is 4. The molecule has 138 valence electrons. The number of hydrogen-bond donors (Lipinski definition) is 2. The predicted molar refractivity (Wildman–Crippen MR) is 101 cm³/mol. The summed E-state index contributed by atoms with van der Waals surface area (Å²) >= 11 is 0. The molecular formula is C19H26N6O. The number of carbonyl (C=O) groups is 1. The number of benzene rings is 1. The van der Waals surface area contributed by atoms with Gasteiger partial charge in [-0.25, -0.2) is 4.79 Å². The van der Waals surface area contributed by atoms with Gasteiger partial charge >= 0.3 is 6.03 Å². The molecule has 7 nitrogen and oxygen atoms in total. The Bertz CT molecular complexity index is 717. The quantitative estimate of drug-likeness (QED) is 0.870. The summed E-state index contributed by atoms with van der Waals surface area (Å²) in [5.41, 5.74) is 3.45. The SMILES string of the molecule is O=C(N1CCNCC1)N1CCN(Cc2cn[nH]c2-c2ccccc2)CC1. The van der Waals surface area contributed by atoms with Gasteiger partial charge in [0.2, 0.25) is 0 Å². The fraction of sp³-hybridized carbons (Fsp3) is 0.474. The number of rotatable bonds is 3. The molecule has 4 rings (SSSR count). The number of piperazine rings is 2. The van der Waals surface area contributed by atoms with E-state index in [0.717, 1.165) is 70.2 Å². The molecular weight excluding hydrogens is 328 g/mol. The molecule has 0 saturated carbocycles. The van der Waals surface area contributed by atoms with Crippen molar-refractivity contribution in [1.29, 1.82) is 0 Å². The molecule has 3 heterocycles. The number of carbonyl (C=O) groups excluding carboxylic acids is 1. The molecule has 2 amide bonds. The highest BCUT2D eigenvalue weighted by Gasteiger charge is 2.26. The van der Waals surface area contributed by atoms with Gasteiger partial charge in [0.1, 0.15) is 0 Å². The van der Waals surface area contributed by atoms with Crippen molar-refractivity contribution in [1.82, 2.24) is 30.2 Å². The third-order valence-corrected chi connectivity index (χ3v) is 5.20. The summed E-state index contributed by atoms with van der Waals surface area (Å²) in [6.07, 6.45) is 1.92. The lowest BCUT2D eigenvalue weighted by Crippen LogP contribution is -2.56. The Balaban J connectivity index is 1.33. The summed E-state index contributed by atoms with van der Waals surface area (Å²) in [6.45, 7) is 7.67. The average molecular weight is 354 g/mol. The Morgan fingerprint density at radius 3 is 2.38 bits per heavy atom. The second kappa shape index (κ2) is 7.88. The minimum Gasteiger partial charge on any atom is -0.322 e. The molecule has 1 aromatic carbocycles. The van der Waals surface area contributed by atoms with Crippen molar-refractivity contribution < 1.29 is 4.79 Å². The molecule has 0 unspecified atom stereocenters. The zero-order chi connectivity index (χ0) is 17.8. The molecule has 0 spiro atoms. The Labute approximate surface area is 154 Å². The van der Waals surface area contributed by atoms with Gasteiger partial charge in [-0.1, -0.05) is 30.3 Å². The first-order valence-corrected chi connectivity index (χ1v) is 9.36. The lowest BCUT2D eigenvalue weighted by Gasteiger charge is -2.38. The van der Waals surface area contributed by atoms with Crippen LogP contribution in [-0.4, -0.2) is 83.3 Å². The zero-order valence-electron chi connectivity index (χ0n) is 15.0. The van der Waals surface area contributed by atoms with E-state index in [1.54, 1.807) is 0 Å². The summed E-state index contributed by atoms with van der Waals surface area (Å²) in [5.74, 6) is 0. The van der Waals surface area contributed by atoms with Gasteiger partial charge in [-0.2, -0.15) is 5.10 Å². The van der Waals surface area contributed by atoms with Crippen LogP contribution in [0.4, 0.5) is 4.79 Å². The molecule has 2 saturated heterocycles. The maximum atomic E-state index is 12.6. The number of urea groups is 1. The van der Waals surface area contributed by atoms with Gasteiger partial charge in [0.15, 0.2) is 0 Å². The third-order valence-electron chi connectivity index (χ3n) is 5.20. The predicted octanol–water partition coefficient (Wildman–Crippen LogP) is 1.22. The maximum absolute atomic E-state index is 12.6. The first-order valence-electron chi connectivity index (χ1n) is 9.36. The van der Waals surface area contributed by atoms with E-state index >= 15 is 0 Å². The largest absolute Gasteiger partial charge is 0.322 e. The molecule has 2 aromatic rings. The lowest BCUT2D eigenvalue weighted by atomic mass is 10.1. The molecule has 2 aliphatic rings. The number of H-pyrrole nitrogens is 1. The van der Waals surface area contributed by atoms with Gasteiger partial charge < -0.3 is 15.1 Å². The molecule has 1 aromatic heterocycles. The van der Waals surface area contributed by atoms with E-state index in [1.807, 2.05) is 34.2 Å². The van der Waals surface area contributed by atoms with Gasteiger partial charge in [0.05, 0.1) is 11.9 Å². The van der Waals surface area contributed by atoms with Crippen molar-refractivity contribution in [2.24, 2.45) is 0 Å². The van der Waals surface area contributed by atoms with Gasteiger partial charge in [-0.05, 0) is 5.56 Å². The zero-order valence-corrected chi connectivity index (χ0v) is 15.0. The van der Waals surface area contributed by atoms with E-state index in [4.69, 9.17) is 0 Å². The Morgan fingerprint density at radius 1 is 0.962 bits per heavy atom. The second-order valence-corrected chi connectivity index (χ2v) is 6.92. The summed E-state index contributed by atoms with van der Waals surface area (Å²) in [6, 6.07) is 10.5. The van der Waals surface area contributed by atoms with Crippen LogP contribution in [0.25, 0.3) is 11.3 Å². The highest BCUT2D eigenvalue weighted by atomic mass is 16.2. The first-order chi connectivity index (χ1) is 12.8. The highest BCUT2D eigenvalue weighted by Crippen LogP contribution is 2.22. The smallest absolute Gasteiger partial charge is 0.320 e. The fourth-order valence-electron chi connectivity index (χ4n) is 3.68. The van der Waals surface area contributed by atoms with Crippen LogP contribution in [0.1, 0.15) is 5.56 Å². The van der Waals surface area contributed by atoms with E-state index in [-0.39, 0.29) is 6.03 Å². The van der Waals surface area contributed by atoms with Crippen LogP contribution < -0.4 is 5.32 Å². The van der Waals surface area contributed by atoms with Crippen molar-refractivity contribution in [3.8, 4) is 11.3 Å². The lowest BCUT2D eigenvalue weighted by molar-refractivity contribution is 0.106.